The second-order valence-corrected chi connectivity index (χ2v) is 9.62. The van der Waals surface area contributed by atoms with E-state index in [1.54, 1.807) is 30.3 Å². The van der Waals surface area contributed by atoms with Crippen LogP contribution in [0.4, 0.5) is 5.88 Å². The molecule has 2 heterocycles. The van der Waals surface area contributed by atoms with Crippen LogP contribution in [0, 0.1) is 6.92 Å². The maximum absolute atomic E-state index is 13.5. The van der Waals surface area contributed by atoms with Gasteiger partial charge in [0.1, 0.15) is 0 Å². The average Bonchev–Trinajstić information content (AvgIpc) is 3.26. The molecular formula is C25H22N2O3S. The molecule has 0 spiro atoms. The van der Waals surface area contributed by atoms with Crippen molar-refractivity contribution in [1.29, 1.82) is 0 Å². The summed E-state index contributed by atoms with van der Waals surface area (Å²) in [7, 11) is -3.84. The Balaban J connectivity index is 1.63. The third-order valence-electron chi connectivity index (χ3n) is 5.60. The number of sulfone groups is 1. The van der Waals surface area contributed by atoms with E-state index in [1.807, 2.05) is 48.2 Å². The zero-order valence-electron chi connectivity index (χ0n) is 17.2. The van der Waals surface area contributed by atoms with Crippen LogP contribution in [-0.2, 0) is 22.8 Å². The number of rotatable bonds is 4. The minimum absolute atomic E-state index is 0.0337. The van der Waals surface area contributed by atoms with Crippen LogP contribution in [0.3, 0.4) is 0 Å². The highest BCUT2D eigenvalue weighted by Crippen LogP contribution is 2.36. The van der Waals surface area contributed by atoms with Gasteiger partial charge in [-0.25, -0.2) is 8.42 Å². The molecule has 3 aromatic carbocycles. The molecule has 0 unspecified atom stereocenters. The van der Waals surface area contributed by atoms with Crippen LogP contribution in [0.15, 0.2) is 93.2 Å². The Hall–Kier alpha value is -3.38. The lowest BCUT2D eigenvalue weighted by atomic mass is 10.0. The van der Waals surface area contributed by atoms with E-state index in [2.05, 4.69) is 17.1 Å². The molecular weight excluding hydrogens is 408 g/mol. The Morgan fingerprint density at radius 3 is 2.29 bits per heavy atom. The maximum Gasteiger partial charge on any atom is 0.236 e. The summed E-state index contributed by atoms with van der Waals surface area (Å²) >= 11 is 0. The molecule has 0 amide bonds. The van der Waals surface area contributed by atoms with Gasteiger partial charge in [0.05, 0.1) is 4.90 Å². The van der Waals surface area contributed by atoms with Crippen molar-refractivity contribution >= 4 is 15.7 Å². The van der Waals surface area contributed by atoms with E-state index in [9.17, 15) is 8.42 Å². The monoisotopic (exact) mass is 430 g/mol. The maximum atomic E-state index is 13.5. The lowest BCUT2D eigenvalue weighted by molar-refractivity contribution is 0.533. The summed E-state index contributed by atoms with van der Waals surface area (Å²) in [6.45, 7) is 3.24. The van der Waals surface area contributed by atoms with Crippen molar-refractivity contribution in [1.82, 2.24) is 4.98 Å². The van der Waals surface area contributed by atoms with Crippen molar-refractivity contribution < 1.29 is 12.8 Å². The molecule has 4 aromatic rings. The minimum Gasteiger partial charge on any atom is -0.419 e. The lowest BCUT2D eigenvalue weighted by Crippen LogP contribution is -2.31. The van der Waals surface area contributed by atoms with E-state index in [-0.39, 0.29) is 9.92 Å². The van der Waals surface area contributed by atoms with Gasteiger partial charge < -0.3 is 9.32 Å². The number of anilines is 1. The Labute approximate surface area is 181 Å². The SMILES string of the molecule is Cc1ccc(-c2nc(S(=O)(=O)c3ccccc3)c(N3CCc4ccccc4C3)o2)cc1. The van der Waals surface area contributed by atoms with Crippen molar-refractivity contribution in [3.8, 4) is 11.5 Å². The molecule has 1 aromatic heterocycles. The molecule has 0 radical (unpaired) electrons. The van der Waals surface area contributed by atoms with Crippen molar-refractivity contribution in [3.05, 3.63) is 95.6 Å². The van der Waals surface area contributed by atoms with Gasteiger partial charge in [-0.2, -0.15) is 4.98 Å². The highest BCUT2D eigenvalue weighted by molar-refractivity contribution is 7.91. The zero-order chi connectivity index (χ0) is 21.4. The summed E-state index contributed by atoms with van der Waals surface area (Å²) in [4.78, 5) is 6.67. The molecule has 0 saturated heterocycles. The predicted molar refractivity (Wildman–Crippen MR) is 120 cm³/mol. The first-order valence-corrected chi connectivity index (χ1v) is 11.7. The number of aromatic nitrogens is 1. The first kappa shape index (κ1) is 19.6. The van der Waals surface area contributed by atoms with Crippen LogP contribution in [0.2, 0.25) is 0 Å². The number of benzene rings is 3. The first-order valence-electron chi connectivity index (χ1n) is 10.2. The molecule has 1 aliphatic rings. The second-order valence-electron chi connectivity index (χ2n) is 7.75. The van der Waals surface area contributed by atoms with Gasteiger partial charge in [-0.1, -0.05) is 60.2 Å². The molecule has 31 heavy (non-hydrogen) atoms. The van der Waals surface area contributed by atoms with Gasteiger partial charge >= 0.3 is 0 Å². The lowest BCUT2D eigenvalue weighted by Gasteiger charge is -2.28. The van der Waals surface area contributed by atoms with Crippen LogP contribution in [0.25, 0.3) is 11.5 Å². The number of hydrogen-bond donors (Lipinski definition) is 0. The molecule has 0 fully saturated rings. The highest BCUT2D eigenvalue weighted by Gasteiger charge is 2.32. The minimum atomic E-state index is -3.84. The molecule has 0 aliphatic carbocycles. The Kier molecular flexibility index (Phi) is 4.87. The number of fused-ring (bicyclic) bond motifs is 1. The second kappa shape index (κ2) is 7.71. The highest BCUT2D eigenvalue weighted by atomic mass is 32.2. The smallest absolute Gasteiger partial charge is 0.236 e. The Morgan fingerprint density at radius 1 is 0.871 bits per heavy atom. The molecule has 5 nitrogen and oxygen atoms in total. The fourth-order valence-electron chi connectivity index (χ4n) is 3.87. The van der Waals surface area contributed by atoms with Gasteiger partial charge in [0.2, 0.25) is 26.6 Å². The Morgan fingerprint density at radius 2 is 1.55 bits per heavy atom. The van der Waals surface area contributed by atoms with E-state index >= 15 is 0 Å². The quantitative estimate of drug-likeness (QED) is 0.454. The summed E-state index contributed by atoms with van der Waals surface area (Å²) in [5.41, 5.74) is 4.31. The molecule has 0 saturated carbocycles. The largest absolute Gasteiger partial charge is 0.419 e. The summed E-state index contributed by atoms with van der Waals surface area (Å²) in [6.07, 6.45) is 0.821. The number of aryl methyl sites for hydroxylation is 1. The molecule has 0 N–H and O–H groups in total. The normalized spacial score (nSPS) is 13.8. The third-order valence-corrected chi connectivity index (χ3v) is 7.27. The van der Waals surface area contributed by atoms with Gasteiger partial charge in [-0.15, -0.1) is 0 Å². The van der Waals surface area contributed by atoms with Gasteiger partial charge in [-0.3, -0.25) is 0 Å². The fraction of sp³-hybridized carbons (Fsp3) is 0.160. The van der Waals surface area contributed by atoms with Crippen LogP contribution in [0.5, 0.6) is 0 Å². The first-order chi connectivity index (χ1) is 15.0. The fourth-order valence-corrected chi connectivity index (χ4v) is 5.22. The summed E-state index contributed by atoms with van der Waals surface area (Å²) in [5.74, 6) is 0.609. The number of nitrogens with zero attached hydrogens (tertiary/aromatic N) is 2. The molecule has 5 rings (SSSR count). The molecule has 156 valence electrons. The van der Waals surface area contributed by atoms with E-state index < -0.39 is 9.84 Å². The van der Waals surface area contributed by atoms with Gasteiger partial charge in [-0.05, 0) is 48.7 Å². The zero-order valence-corrected chi connectivity index (χ0v) is 18.0. The number of oxazole rings is 1. The van der Waals surface area contributed by atoms with E-state index in [1.165, 1.54) is 11.1 Å². The van der Waals surface area contributed by atoms with Crippen molar-refractivity contribution in [2.45, 2.75) is 29.8 Å². The summed E-state index contributed by atoms with van der Waals surface area (Å²) in [6, 6.07) is 24.3. The van der Waals surface area contributed by atoms with Gasteiger partial charge in [0, 0.05) is 18.7 Å². The third kappa shape index (κ3) is 3.64. The van der Waals surface area contributed by atoms with E-state index in [0.29, 0.717) is 24.9 Å². The predicted octanol–water partition coefficient (Wildman–Crippen LogP) is 5.05. The standard InChI is InChI=1S/C25H22N2O3S/c1-18-11-13-20(14-12-18)23-26-24(31(28,29)22-9-3-2-4-10-22)25(30-23)27-16-15-19-7-5-6-8-21(19)17-27/h2-14H,15-17H2,1H3. The van der Waals surface area contributed by atoms with E-state index in [4.69, 9.17) is 4.42 Å². The molecule has 1 aliphatic heterocycles. The summed E-state index contributed by atoms with van der Waals surface area (Å²) < 4.78 is 33.1. The van der Waals surface area contributed by atoms with Crippen LogP contribution < -0.4 is 4.90 Å². The topological polar surface area (TPSA) is 63.4 Å². The van der Waals surface area contributed by atoms with Crippen molar-refractivity contribution in [2.24, 2.45) is 0 Å². The van der Waals surface area contributed by atoms with Crippen molar-refractivity contribution in [3.63, 3.8) is 0 Å². The van der Waals surface area contributed by atoms with Gasteiger partial charge in [0.25, 0.3) is 0 Å². The van der Waals surface area contributed by atoms with Crippen LogP contribution >= 0.6 is 0 Å². The molecule has 0 bridgehead atoms. The summed E-state index contributed by atoms with van der Waals surface area (Å²) in [5, 5.41) is -0.0337. The van der Waals surface area contributed by atoms with Crippen LogP contribution in [0.1, 0.15) is 16.7 Å². The van der Waals surface area contributed by atoms with E-state index in [0.717, 1.165) is 17.5 Å². The average molecular weight is 431 g/mol. The Bertz CT molecular complexity index is 1330. The van der Waals surface area contributed by atoms with Gasteiger partial charge in [0.15, 0.2) is 0 Å². The molecule has 6 heteroatoms. The van der Waals surface area contributed by atoms with Crippen LogP contribution in [-0.4, -0.2) is 19.9 Å². The molecule has 0 atom stereocenters. The van der Waals surface area contributed by atoms with Crippen molar-refractivity contribution in [2.75, 3.05) is 11.4 Å². The number of hydrogen-bond acceptors (Lipinski definition) is 5.